The topological polar surface area (TPSA) is 46.9 Å². The number of hydrogen-bond donors (Lipinski definition) is 1. The molecule has 6 heteroatoms. The molecule has 144 valence electrons. The van der Waals surface area contributed by atoms with Crippen LogP contribution < -0.4 is 5.32 Å². The predicted molar refractivity (Wildman–Crippen MR) is 112 cm³/mol. The van der Waals surface area contributed by atoms with E-state index in [4.69, 9.17) is 11.6 Å². The fourth-order valence-electron chi connectivity index (χ4n) is 3.02. The Labute approximate surface area is 172 Å². The van der Waals surface area contributed by atoms with Crippen LogP contribution in [-0.2, 0) is 6.54 Å². The SMILES string of the molecule is O=C(NCc1cn(-c2ccccc2)nc1-c1ccc(F)cc1)c1ccccc1Cl. The first-order chi connectivity index (χ1) is 14.1. The second kappa shape index (κ2) is 8.29. The fraction of sp³-hybridized carbons (Fsp3) is 0.0435. The Balaban J connectivity index is 1.66. The van der Waals surface area contributed by atoms with Gasteiger partial charge in [-0.25, -0.2) is 9.07 Å². The van der Waals surface area contributed by atoms with Crippen LogP contribution >= 0.6 is 11.6 Å². The van der Waals surface area contributed by atoms with Gasteiger partial charge in [0, 0.05) is 23.9 Å². The van der Waals surface area contributed by atoms with Crippen molar-refractivity contribution in [2.75, 3.05) is 0 Å². The Bertz CT molecular complexity index is 1140. The molecule has 1 N–H and O–H groups in total. The Hall–Kier alpha value is -3.44. The maximum absolute atomic E-state index is 13.4. The molecule has 4 rings (SSSR count). The van der Waals surface area contributed by atoms with Gasteiger partial charge in [0.2, 0.25) is 0 Å². The zero-order chi connectivity index (χ0) is 20.2. The van der Waals surface area contributed by atoms with Crippen LogP contribution in [0.3, 0.4) is 0 Å². The first kappa shape index (κ1) is 18.9. The molecule has 4 aromatic rings. The summed E-state index contributed by atoms with van der Waals surface area (Å²) >= 11 is 6.11. The quantitative estimate of drug-likeness (QED) is 0.492. The van der Waals surface area contributed by atoms with Crippen molar-refractivity contribution in [1.29, 1.82) is 0 Å². The molecule has 0 fully saturated rings. The van der Waals surface area contributed by atoms with Gasteiger partial charge in [-0.05, 0) is 48.5 Å². The first-order valence-corrected chi connectivity index (χ1v) is 9.42. The van der Waals surface area contributed by atoms with Crippen LogP contribution in [0.15, 0.2) is 85.1 Å². The van der Waals surface area contributed by atoms with Gasteiger partial charge in [0.05, 0.1) is 22.0 Å². The lowest BCUT2D eigenvalue weighted by Gasteiger charge is -2.07. The van der Waals surface area contributed by atoms with E-state index in [0.29, 0.717) is 16.3 Å². The maximum atomic E-state index is 13.4. The number of rotatable bonds is 5. The minimum atomic E-state index is -0.315. The lowest BCUT2D eigenvalue weighted by Crippen LogP contribution is -2.23. The molecule has 1 amide bonds. The van der Waals surface area contributed by atoms with Crippen molar-refractivity contribution in [1.82, 2.24) is 15.1 Å². The van der Waals surface area contributed by atoms with E-state index in [1.54, 1.807) is 41.1 Å². The van der Waals surface area contributed by atoms with Crippen molar-refractivity contribution in [3.8, 4) is 16.9 Å². The van der Waals surface area contributed by atoms with Crippen LogP contribution in [0.1, 0.15) is 15.9 Å². The molecule has 0 aliphatic rings. The number of halogens is 2. The van der Waals surface area contributed by atoms with Crippen LogP contribution in [0.25, 0.3) is 16.9 Å². The highest BCUT2D eigenvalue weighted by atomic mass is 35.5. The average molecular weight is 406 g/mol. The number of carbonyl (C=O) groups excluding carboxylic acids is 1. The molecule has 0 saturated heterocycles. The van der Waals surface area contributed by atoms with Gasteiger partial charge in [-0.1, -0.05) is 41.9 Å². The summed E-state index contributed by atoms with van der Waals surface area (Å²) in [6.07, 6.45) is 1.86. The fourth-order valence-corrected chi connectivity index (χ4v) is 3.24. The number of nitrogens with zero attached hydrogens (tertiary/aromatic N) is 2. The summed E-state index contributed by atoms with van der Waals surface area (Å²) < 4.78 is 15.1. The van der Waals surface area contributed by atoms with Crippen molar-refractivity contribution in [3.63, 3.8) is 0 Å². The Morgan fingerprint density at radius 2 is 1.66 bits per heavy atom. The van der Waals surface area contributed by atoms with E-state index in [2.05, 4.69) is 10.4 Å². The molecular weight excluding hydrogens is 389 g/mol. The molecule has 0 unspecified atom stereocenters. The van der Waals surface area contributed by atoms with Gasteiger partial charge < -0.3 is 5.32 Å². The zero-order valence-electron chi connectivity index (χ0n) is 15.3. The van der Waals surface area contributed by atoms with Crippen LogP contribution in [0.2, 0.25) is 5.02 Å². The van der Waals surface area contributed by atoms with E-state index in [1.807, 2.05) is 36.5 Å². The molecule has 4 nitrogen and oxygen atoms in total. The highest BCUT2D eigenvalue weighted by Gasteiger charge is 2.15. The van der Waals surface area contributed by atoms with Crippen molar-refractivity contribution >= 4 is 17.5 Å². The van der Waals surface area contributed by atoms with Gasteiger partial charge in [0.1, 0.15) is 5.82 Å². The molecule has 0 saturated carbocycles. The van der Waals surface area contributed by atoms with E-state index in [9.17, 15) is 9.18 Å². The van der Waals surface area contributed by atoms with E-state index in [1.165, 1.54) is 12.1 Å². The van der Waals surface area contributed by atoms with Crippen molar-refractivity contribution in [2.45, 2.75) is 6.54 Å². The number of carbonyl (C=O) groups is 1. The lowest BCUT2D eigenvalue weighted by atomic mass is 10.1. The molecule has 0 aliphatic carbocycles. The Morgan fingerprint density at radius 1 is 0.966 bits per heavy atom. The molecular formula is C23H17ClFN3O. The third-order valence-corrected chi connectivity index (χ3v) is 4.82. The molecule has 0 spiro atoms. The van der Waals surface area contributed by atoms with Gasteiger partial charge in [0.15, 0.2) is 0 Å². The lowest BCUT2D eigenvalue weighted by molar-refractivity contribution is 0.0951. The summed E-state index contributed by atoms with van der Waals surface area (Å²) in [6.45, 7) is 0.254. The van der Waals surface area contributed by atoms with Crippen LogP contribution in [0, 0.1) is 5.82 Å². The molecule has 0 aliphatic heterocycles. The number of aromatic nitrogens is 2. The minimum absolute atomic E-state index is 0.254. The highest BCUT2D eigenvalue weighted by Crippen LogP contribution is 2.24. The predicted octanol–water partition coefficient (Wildman–Crippen LogP) is 5.26. The maximum Gasteiger partial charge on any atom is 0.253 e. The highest BCUT2D eigenvalue weighted by molar-refractivity contribution is 6.33. The van der Waals surface area contributed by atoms with Crippen LogP contribution in [-0.4, -0.2) is 15.7 Å². The Morgan fingerprint density at radius 3 is 2.38 bits per heavy atom. The van der Waals surface area contributed by atoms with Gasteiger partial charge >= 0.3 is 0 Å². The van der Waals surface area contributed by atoms with Crippen LogP contribution in [0.4, 0.5) is 4.39 Å². The van der Waals surface area contributed by atoms with E-state index < -0.39 is 0 Å². The average Bonchev–Trinajstić information content (AvgIpc) is 3.18. The standard InChI is InChI=1S/C23H17ClFN3O/c24-21-9-5-4-8-20(21)23(29)26-14-17-15-28(19-6-2-1-3-7-19)27-22(17)16-10-12-18(25)13-11-16/h1-13,15H,14H2,(H,26,29). The zero-order valence-corrected chi connectivity index (χ0v) is 16.1. The number of nitrogens with one attached hydrogen (secondary N) is 1. The normalized spacial score (nSPS) is 10.7. The third kappa shape index (κ3) is 4.20. The van der Waals surface area contributed by atoms with E-state index in [-0.39, 0.29) is 18.3 Å². The summed E-state index contributed by atoms with van der Waals surface area (Å²) in [6, 6.07) is 22.7. The third-order valence-electron chi connectivity index (χ3n) is 4.49. The molecule has 0 radical (unpaired) electrons. The van der Waals surface area contributed by atoms with Crippen molar-refractivity contribution in [3.05, 3.63) is 107 Å². The molecule has 1 aromatic heterocycles. The Kier molecular flexibility index (Phi) is 5.40. The molecule has 1 heterocycles. The molecule has 29 heavy (non-hydrogen) atoms. The monoisotopic (exact) mass is 405 g/mol. The number of para-hydroxylation sites is 1. The molecule has 0 atom stereocenters. The summed E-state index contributed by atoms with van der Waals surface area (Å²) in [4.78, 5) is 12.5. The van der Waals surface area contributed by atoms with Gasteiger partial charge in [-0.2, -0.15) is 5.10 Å². The first-order valence-electron chi connectivity index (χ1n) is 9.04. The summed E-state index contributed by atoms with van der Waals surface area (Å²) in [5, 5.41) is 7.95. The van der Waals surface area contributed by atoms with Gasteiger partial charge in [-0.3, -0.25) is 4.79 Å². The largest absolute Gasteiger partial charge is 0.348 e. The second-order valence-electron chi connectivity index (χ2n) is 6.45. The summed E-state index contributed by atoms with van der Waals surface area (Å²) in [5.74, 6) is -0.585. The van der Waals surface area contributed by atoms with Gasteiger partial charge in [-0.15, -0.1) is 0 Å². The summed E-state index contributed by atoms with van der Waals surface area (Å²) in [7, 11) is 0. The number of benzene rings is 3. The summed E-state index contributed by atoms with van der Waals surface area (Å²) in [5.41, 5.74) is 3.55. The van der Waals surface area contributed by atoms with E-state index >= 15 is 0 Å². The van der Waals surface area contributed by atoms with E-state index in [0.717, 1.165) is 16.8 Å². The van der Waals surface area contributed by atoms with Gasteiger partial charge in [0.25, 0.3) is 5.91 Å². The van der Waals surface area contributed by atoms with Crippen molar-refractivity contribution < 1.29 is 9.18 Å². The second-order valence-corrected chi connectivity index (χ2v) is 6.86. The minimum Gasteiger partial charge on any atom is -0.348 e. The van der Waals surface area contributed by atoms with Crippen molar-refractivity contribution in [2.24, 2.45) is 0 Å². The number of amides is 1. The smallest absolute Gasteiger partial charge is 0.253 e. The van der Waals surface area contributed by atoms with Crippen LogP contribution in [0.5, 0.6) is 0 Å². The molecule has 0 bridgehead atoms. The number of hydrogen-bond acceptors (Lipinski definition) is 2. The molecule has 3 aromatic carbocycles.